The van der Waals surface area contributed by atoms with Crippen LogP contribution in [0.1, 0.15) is 32.3 Å². The zero-order valence-corrected chi connectivity index (χ0v) is 14.4. The van der Waals surface area contributed by atoms with Gasteiger partial charge >= 0.3 is 0 Å². The lowest BCUT2D eigenvalue weighted by molar-refractivity contribution is -0.136. The van der Waals surface area contributed by atoms with Crippen LogP contribution in [0.15, 0.2) is 30.3 Å². The summed E-state index contributed by atoms with van der Waals surface area (Å²) in [5.74, 6) is 0.977. The third-order valence-electron chi connectivity index (χ3n) is 5.29. The Morgan fingerprint density at radius 3 is 2.74 bits per heavy atom. The van der Waals surface area contributed by atoms with Crippen molar-refractivity contribution in [2.45, 2.75) is 45.3 Å². The van der Waals surface area contributed by atoms with Gasteiger partial charge in [0.05, 0.1) is 6.54 Å². The fourth-order valence-corrected chi connectivity index (χ4v) is 3.46. The minimum absolute atomic E-state index is 0.280. The van der Waals surface area contributed by atoms with Crippen LogP contribution in [0.3, 0.4) is 0 Å². The highest BCUT2D eigenvalue weighted by atomic mass is 16.2. The van der Waals surface area contributed by atoms with E-state index in [1.807, 2.05) is 6.07 Å². The second-order valence-electron chi connectivity index (χ2n) is 7.11. The zero-order chi connectivity index (χ0) is 16.2. The fraction of sp³-hybridized carbons (Fsp3) is 0.632. The smallest absolute Gasteiger partial charge is 0.237 e. The molecule has 0 radical (unpaired) electrons. The zero-order valence-electron chi connectivity index (χ0n) is 14.4. The Morgan fingerprint density at radius 1 is 1.35 bits per heavy atom. The minimum atomic E-state index is 0.280. The summed E-state index contributed by atoms with van der Waals surface area (Å²) in [4.78, 5) is 17.4. The molecule has 4 heteroatoms. The summed E-state index contributed by atoms with van der Waals surface area (Å²) in [7, 11) is 0. The Balaban J connectivity index is 1.67. The molecule has 1 saturated carbocycles. The van der Waals surface area contributed by atoms with Gasteiger partial charge in [0.15, 0.2) is 0 Å². The molecule has 1 aromatic rings. The van der Waals surface area contributed by atoms with Crippen molar-refractivity contribution in [3.05, 3.63) is 35.9 Å². The number of piperazine rings is 1. The monoisotopic (exact) mass is 315 g/mol. The maximum atomic E-state index is 13.0. The lowest BCUT2D eigenvalue weighted by Crippen LogP contribution is -2.54. The van der Waals surface area contributed by atoms with Gasteiger partial charge in [-0.15, -0.1) is 0 Å². The number of hydrogen-bond acceptors (Lipinski definition) is 3. The van der Waals surface area contributed by atoms with Crippen LogP contribution in [-0.2, 0) is 11.3 Å². The van der Waals surface area contributed by atoms with Gasteiger partial charge in [-0.25, -0.2) is 0 Å². The van der Waals surface area contributed by atoms with Gasteiger partial charge in [0.25, 0.3) is 0 Å². The standard InChI is InChI=1S/C19H29N3O/c1-15-12-20-10-11-21(15)14-19(23)22(16(2)18-8-9-18)13-17-6-4-3-5-7-17/h3-7,15-16,18,20H,8-14H2,1-2H3/t15-,16?/m0/s1. The molecule has 1 saturated heterocycles. The van der Waals surface area contributed by atoms with Crippen LogP contribution in [-0.4, -0.2) is 54.0 Å². The molecule has 2 atom stereocenters. The average Bonchev–Trinajstić information content (AvgIpc) is 3.40. The summed E-state index contributed by atoms with van der Waals surface area (Å²) in [6.45, 7) is 8.62. The van der Waals surface area contributed by atoms with Crippen LogP contribution in [0, 0.1) is 5.92 Å². The molecule has 1 amide bonds. The SMILES string of the molecule is CC(C1CC1)N(Cc1ccccc1)C(=O)CN1CCNC[C@@H]1C. The highest BCUT2D eigenvalue weighted by molar-refractivity contribution is 5.78. The molecule has 0 spiro atoms. The number of nitrogens with zero attached hydrogens (tertiary/aromatic N) is 2. The number of rotatable bonds is 6. The molecule has 1 aliphatic carbocycles. The summed E-state index contributed by atoms with van der Waals surface area (Å²) < 4.78 is 0. The van der Waals surface area contributed by atoms with Crippen LogP contribution >= 0.6 is 0 Å². The molecule has 126 valence electrons. The molecule has 23 heavy (non-hydrogen) atoms. The van der Waals surface area contributed by atoms with Gasteiger partial charge in [0, 0.05) is 38.3 Å². The normalized spacial score (nSPS) is 23.5. The van der Waals surface area contributed by atoms with Gasteiger partial charge in [-0.2, -0.15) is 0 Å². The third-order valence-corrected chi connectivity index (χ3v) is 5.29. The van der Waals surface area contributed by atoms with E-state index < -0.39 is 0 Å². The van der Waals surface area contributed by atoms with Crippen LogP contribution in [0.5, 0.6) is 0 Å². The highest BCUT2D eigenvalue weighted by Crippen LogP contribution is 2.35. The minimum Gasteiger partial charge on any atom is -0.334 e. The molecule has 4 nitrogen and oxygen atoms in total. The van der Waals surface area contributed by atoms with Gasteiger partial charge in [-0.05, 0) is 38.2 Å². The molecule has 3 rings (SSSR count). The number of benzene rings is 1. The lowest BCUT2D eigenvalue weighted by Gasteiger charge is -2.36. The Hall–Kier alpha value is -1.39. The third kappa shape index (κ3) is 4.33. The largest absolute Gasteiger partial charge is 0.334 e. The Morgan fingerprint density at radius 2 is 2.09 bits per heavy atom. The first-order valence-corrected chi connectivity index (χ1v) is 8.93. The summed E-state index contributed by atoms with van der Waals surface area (Å²) >= 11 is 0. The molecule has 1 aliphatic heterocycles. The van der Waals surface area contributed by atoms with E-state index in [0.29, 0.717) is 24.5 Å². The molecule has 1 aromatic carbocycles. The summed E-state index contributed by atoms with van der Waals surface area (Å²) in [5, 5.41) is 3.39. The quantitative estimate of drug-likeness (QED) is 0.873. The van der Waals surface area contributed by atoms with Crippen LogP contribution in [0.25, 0.3) is 0 Å². The first-order valence-electron chi connectivity index (χ1n) is 8.93. The van der Waals surface area contributed by atoms with Gasteiger partial charge in [-0.3, -0.25) is 9.69 Å². The number of hydrogen-bond donors (Lipinski definition) is 1. The van der Waals surface area contributed by atoms with E-state index in [1.54, 1.807) is 0 Å². The van der Waals surface area contributed by atoms with Gasteiger partial charge in [0.1, 0.15) is 0 Å². The lowest BCUT2D eigenvalue weighted by atomic mass is 10.1. The van der Waals surface area contributed by atoms with Gasteiger partial charge in [0.2, 0.25) is 5.91 Å². The topological polar surface area (TPSA) is 35.6 Å². The number of carbonyl (C=O) groups excluding carboxylic acids is 1. The van der Waals surface area contributed by atoms with Crippen molar-refractivity contribution in [3.63, 3.8) is 0 Å². The van der Waals surface area contributed by atoms with Crippen LogP contribution in [0.4, 0.5) is 0 Å². The molecule has 0 bridgehead atoms. The van der Waals surface area contributed by atoms with Crippen molar-refractivity contribution in [2.75, 3.05) is 26.2 Å². The molecule has 0 aromatic heterocycles. The first kappa shape index (κ1) is 16.5. The fourth-order valence-electron chi connectivity index (χ4n) is 3.46. The number of carbonyl (C=O) groups is 1. The summed E-state index contributed by atoms with van der Waals surface area (Å²) in [6.07, 6.45) is 2.54. The molecule has 1 unspecified atom stereocenters. The molecule has 1 heterocycles. The van der Waals surface area contributed by atoms with E-state index in [9.17, 15) is 4.79 Å². The van der Waals surface area contributed by atoms with Gasteiger partial charge in [-0.1, -0.05) is 30.3 Å². The molecule has 2 fully saturated rings. The van der Waals surface area contributed by atoms with E-state index in [4.69, 9.17) is 0 Å². The predicted octanol–water partition coefficient (Wildman–Crippen LogP) is 2.11. The maximum Gasteiger partial charge on any atom is 0.237 e. The first-order chi connectivity index (χ1) is 11.1. The van der Waals surface area contributed by atoms with Crippen molar-refractivity contribution in [3.8, 4) is 0 Å². The summed E-state index contributed by atoms with van der Waals surface area (Å²) in [6, 6.07) is 11.2. The second-order valence-corrected chi connectivity index (χ2v) is 7.11. The van der Waals surface area contributed by atoms with E-state index in [1.165, 1.54) is 18.4 Å². The maximum absolute atomic E-state index is 13.0. The number of amides is 1. The van der Waals surface area contributed by atoms with Gasteiger partial charge < -0.3 is 10.2 Å². The highest BCUT2D eigenvalue weighted by Gasteiger charge is 2.35. The molecular weight excluding hydrogens is 286 g/mol. The van der Waals surface area contributed by atoms with E-state index in [0.717, 1.165) is 26.2 Å². The molecular formula is C19H29N3O. The van der Waals surface area contributed by atoms with Crippen molar-refractivity contribution < 1.29 is 4.79 Å². The van der Waals surface area contributed by atoms with Crippen molar-refractivity contribution in [1.29, 1.82) is 0 Å². The Bertz CT molecular complexity index is 515. The van der Waals surface area contributed by atoms with Crippen LogP contribution in [0.2, 0.25) is 0 Å². The van der Waals surface area contributed by atoms with Crippen molar-refractivity contribution >= 4 is 5.91 Å². The summed E-state index contributed by atoms with van der Waals surface area (Å²) in [5.41, 5.74) is 1.22. The average molecular weight is 315 g/mol. The molecule has 2 aliphatic rings. The van der Waals surface area contributed by atoms with E-state index in [-0.39, 0.29) is 5.91 Å². The van der Waals surface area contributed by atoms with E-state index in [2.05, 4.69) is 53.2 Å². The predicted molar refractivity (Wildman–Crippen MR) is 93.1 cm³/mol. The van der Waals surface area contributed by atoms with Crippen LogP contribution < -0.4 is 5.32 Å². The molecule has 1 N–H and O–H groups in total. The van der Waals surface area contributed by atoms with Crippen molar-refractivity contribution in [2.24, 2.45) is 5.92 Å². The van der Waals surface area contributed by atoms with E-state index >= 15 is 0 Å². The Labute approximate surface area is 139 Å². The Kier molecular flexibility index (Phi) is 5.34. The number of nitrogens with one attached hydrogen (secondary N) is 1. The van der Waals surface area contributed by atoms with Crippen molar-refractivity contribution in [1.82, 2.24) is 15.1 Å². The second kappa shape index (κ2) is 7.45.